The van der Waals surface area contributed by atoms with Gasteiger partial charge in [0.2, 0.25) is 0 Å². The Morgan fingerprint density at radius 2 is 1.86 bits per heavy atom. The summed E-state index contributed by atoms with van der Waals surface area (Å²) in [5.41, 5.74) is 2.48. The van der Waals surface area contributed by atoms with Crippen molar-refractivity contribution in [3.8, 4) is 28.7 Å². The van der Waals surface area contributed by atoms with E-state index in [-0.39, 0.29) is 17.9 Å². The van der Waals surface area contributed by atoms with Crippen molar-refractivity contribution in [1.29, 1.82) is 0 Å². The topological polar surface area (TPSA) is 73.1 Å². The van der Waals surface area contributed by atoms with Crippen LogP contribution in [0.15, 0.2) is 42.9 Å². The Hall–Kier alpha value is -2.80. The number of aromatic nitrogens is 4. The van der Waals surface area contributed by atoms with Gasteiger partial charge in [-0.15, -0.1) is 0 Å². The van der Waals surface area contributed by atoms with Crippen LogP contribution < -0.4 is 4.74 Å². The number of aliphatic hydroxyl groups is 1. The fraction of sp³-hybridized carbons (Fsp3) is 0.381. The molecule has 0 spiro atoms. The van der Waals surface area contributed by atoms with Crippen LogP contribution in [0.2, 0.25) is 0 Å². The molecule has 1 N–H and O–H groups in total. The number of methoxy groups -OCH3 is 1. The van der Waals surface area contributed by atoms with E-state index in [4.69, 9.17) is 4.74 Å². The van der Waals surface area contributed by atoms with E-state index >= 15 is 0 Å². The number of nitrogens with zero attached hydrogens (tertiary/aromatic N) is 4. The number of benzene rings is 1. The summed E-state index contributed by atoms with van der Waals surface area (Å²) in [7, 11) is 1.53. The highest BCUT2D eigenvalue weighted by Gasteiger charge is 2.31. The van der Waals surface area contributed by atoms with Crippen LogP contribution in [0.1, 0.15) is 38.6 Å². The second-order valence-corrected chi connectivity index (χ2v) is 7.51. The van der Waals surface area contributed by atoms with Crippen molar-refractivity contribution in [3.63, 3.8) is 0 Å². The Morgan fingerprint density at radius 3 is 2.54 bits per heavy atom. The van der Waals surface area contributed by atoms with Gasteiger partial charge in [-0.3, -0.25) is 0 Å². The van der Waals surface area contributed by atoms with E-state index in [9.17, 15) is 9.50 Å². The monoisotopic (exact) mass is 382 g/mol. The fourth-order valence-corrected chi connectivity index (χ4v) is 3.78. The molecule has 6 nitrogen and oxygen atoms in total. The molecular formula is C21H23FN4O2. The number of imidazole rings is 1. The number of hydrogen-bond acceptors (Lipinski definition) is 5. The number of hydrogen-bond donors (Lipinski definition) is 1. The molecule has 2 aromatic heterocycles. The molecule has 3 aromatic rings. The second-order valence-electron chi connectivity index (χ2n) is 7.51. The van der Waals surface area contributed by atoms with Gasteiger partial charge >= 0.3 is 6.01 Å². The molecule has 0 saturated heterocycles. The van der Waals surface area contributed by atoms with Gasteiger partial charge in [0.05, 0.1) is 36.1 Å². The largest absolute Gasteiger partial charge is 0.467 e. The van der Waals surface area contributed by atoms with Gasteiger partial charge in [-0.2, -0.15) is 4.98 Å². The standard InChI is InChI=1S/C21H23FN4O2/c1-21(27)10-7-16(8-11-21)26-13-24-18(14-3-5-15(22)6-4-14)19(26)17-9-12-23-20(25-17)28-2/h3-6,9,12-13,16,27H,7-8,10-11H2,1-2H3/t16-,21+. The molecule has 0 unspecified atom stereocenters. The smallest absolute Gasteiger partial charge is 0.316 e. The summed E-state index contributed by atoms with van der Waals surface area (Å²) in [5.74, 6) is -0.289. The molecule has 1 aliphatic carbocycles. The van der Waals surface area contributed by atoms with Crippen LogP contribution in [0.25, 0.3) is 22.6 Å². The average molecular weight is 382 g/mol. The van der Waals surface area contributed by atoms with Crippen LogP contribution in [0.5, 0.6) is 6.01 Å². The van der Waals surface area contributed by atoms with Gasteiger partial charge in [-0.1, -0.05) is 0 Å². The van der Waals surface area contributed by atoms with Gasteiger partial charge in [0.15, 0.2) is 0 Å². The van der Waals surface area contributed by atoms with Gasteiger partial charge < -0.3 is 14.4 Å². The SMILES string of the molecule is COc1nccc(-c2c(-c3ccc(F)cc3)ncn2[C@H]2CC[C@@](C)(O)CC2)n1. The molecule has 7 heteroatoms. The lowest BCUT2D eigenvalue weighted by atomic mass is 9.83. The first kappa shape index (κ1) is 18.6. The molecular weight excluding hydrogens is 359 g/mol. The molecule has 0 amide bonds. The van der Waals surface area contributed by atoms with Crippen LogP contribution in [0, 0.1) is 5.82 Å². The normalized spacial score (nSPS) is 22.2. The Kier molecular flexibility index (Phi) is 4.85. The first-order valence-electron chi connectivity index (χ1n) is 9.39. The lowest BCUT2D eigenvalue weighted by Crippen LogP contribution is -2.31. The van der Waals surface area contributed by atoms with Crippen LogP contribution in [0.4, 0.5) is 4.39 Å². The zero-order valence-electron chi connectivity index (χ0n) is 16.0. The third-order valence-electron chi connectivity index (χ3n) is 5.40. The molecule has 2 heterocycles. The summed E-state index contributed by atoms with van der Waals surface area (Å²) in [6.07, 6.45) is 6.62. The van der Waals surface area contributed by atoms with Gasteiger partial charge in [-0.25, -0.2) is 14.4 Å². The third kappa shape index (κ3) is 3.62. The third-order valence-corrected chi connectivity index (χ3v) is 5.40. The van der Waals surface area contributed by atoms with Crippen molar-refractivity contribution < 1.29 is 14.2 Å². The summed E-state index contributed by atoms with van der Waals surface area (Å²) < 4.78 is 20.7. The molecule has 0 atom stereocenters. The second kappa shape index (κ2) is 7.31. The van der Waals surface area contributed by atoms with Crippen LogP contribution in [-0.2, 0) is 0 Å². The summed E-state index contributed by atoms with van der Waals surface area (Å²) in [6, 6.07) is 8.60. The summed E-state index contributed by atoms with van der Waals surface area (Å²) >= 11 is 0. The van der Waals surface area contributed by atoms with Crippen LogP contribution in [0.3, 0.4) is 0 Å². The molecule has 0 radical (unpaired) electrons. The Morgan fingerprint density at radius 1 is 1.14 bits per heavy atom. The molecule has 1 aliphatic rings. The number of ether oxygens (including phenoxy) is 1. The van der Waals surface area contributed by atoms with Crippen molar-refractivity contribution in [3.05, 3.63) is 48.7 Å². The van der Waals surface area contributed by atoms with Crippen molar-refractivity contribution in [1.82, 2.24) is 19.5 Å². The van der Waals surface area contributed by atoms with Gasteiger partial charge in [0.25, 0.3) is 0 Å². The zero-order valence-corrected chi connectivity index (χ0v) is 16.0. The Labute approximate surface area is 163 Å². The molecule has 4 rings (SSSR count). The maximum atomic E-state index is 13.4. The zero-order chi connectivity index (χ0) is 19.7. The van der Waals surface area contributed by atoms with E-state index in [0.717, 1.165) is 42.6 Å². The van der Waals surface area contributed by atoms with E-state index in [0.29, 0.717) is 5.69 Å². The quantitative estimate of drug-likeness (QED) is 0.738. The van der Waals surface area contributed by atoms with Crippen molar-refractivity contribution in [2.24, 2.45) is 0 Å². The first-order chi connectivity index (χ1) is 13.5. The van der Waals surface area contributed by atoms with Crippen LogP contribution >= 0.6 is 0 Å². The predicted molar refractivity (Wildman–Crippen MR) is 103 cm³/mol. The molecule has 1 saturated carbocycles. The maximum absolute atomic E-state index is 13.4. The van der Waals surface area contributed by atoms with Gasteiger partial charge in [-0.05, 0) is 62.9 Å². The summed E-state index contributed by atoms with van der Waals surface area (Å²) in [6.45, 7) is 1.89. The highest BCUT2D eigenvalue weighted by molar-refractivity contribution is 5.77. The van der Waals surface area contributed by atoms with Crippen molar-refractivity contribution >= 4 is 0 Å². The average Bonchev–Trinajstić information content (AvgIpc) is 3.13. The number of halogens is 1. The molecule has 146 valence electrons. The minimum absolute atomic E-state index is 0.206. The summed E-state index contributed by atoms with van der Waals surface area (Å²) in [4.78, 5) is 13.2. The number of rotatable bonds is 4. The molecule has 1 aromatic carbocycles. The van der Waals surface area contributed by atoms with Gasteiger partial charge in [0, 0.05) is 17.8 Å². The summed E-state index contributed by atoms with van der Waals surface area (Å²) in [5, 5.41) is 10.3. The lowest BCUT2D eigenvalue weighted by Gasteiger charge is -2.34. The first-order valence-corrected chi connectivity index (χ1v) is 9.39. The maximum Gasteiger partial charge on any atom is 0.316 e. The van der Waals surface area contributed by atoms with Crippen molar-refractivity contribution in [2.75, 3.05) is 7.11 Å². The highest BCUT2D eigenvalue weighted by Crippen LogP contribution is 2.39. The van der Waals surface area contributed by atoms with E-state index in [1.165, 1.54) is 19.2 Å². The minimum Gasteiger partial charge on any atom is -0.467 e. The van der Waals surface area contributed by atoms with E-state index in [1.54, 1.807) is 18.3 Å². The Balaban J connectivity index is 1.81. The molecule has 0 bridgehead atoms. The van der Waals surface area contributed by atoms with E-state index < -0.39 is 5.60 Å². The molecule has 28 heavy (non-hydrogen) atoms. The highest BCUT2D eigenvalue weighted by atomic mass is 19.1. The molecule has 1 fully saturated rings. The Bertz CT molecular complexity index is 959. The van der Waals surface area contributed by atoms with Crippen LogP contribution in [-0.4, -0.2) is 37.3 Å². The minimum atomic E-state index is -0.616. The van der Waals surface area contributed by atoms with Gasteiger partial charge in [0.1, 0.15) is 5.82 Å². The molecule has 0 aliphatic heterocycles. The van der Waals surface area contributed by atoms with E-state index in [1.807, 2.05) is 19.3 Å². The van der Waals surface area contributed by atoms with Crippen molar-refractivity contribution in [2.45, 2.75) is 44.2 Å². The fourth-order valence-electron chi connectivity index (χ4n) is 3.78. The van der Waals surface area contributed by atoms with E-state index in [2.05, 4.69) is 19.5 Å². The predicted octanol–water partition coefficient (Wildman–Crippen LogP) is 4.02. The lowest BCUT2D eigenvalue weighted by molar-refractivity contribution is 0.0101.